The molecular formula is C24H29FN2O5S. The first-order chi connectivity index (χ1) is 15.7. The Balaban J connectivity index is 1.69. The van der Waals surface area contributed by atoms with Crippen LogP contribution in [0.25, 0.3) is 6.08 Å². The van der Waals surface area contributed by atoms with Gasteiger partial charge < -0.3 is 14.8 Å². The van der Waals surface area contributed by atoms with Crippen molar-refractivity contribution in [3.05, 3.63) is 59.1 Å². The summed E-state index contributed by atoms with van der Waals surface area (Å²) >= 11 is 0. The van der Waals surface area contributed by atoms with Gasteiger partial charge in [-0.25, -0.2) is 12.8 Å². The fourth-order valence-electron chi connectivity index (χ4n) is 4.74. The van der Waals surface area contributed by atoms with Crippen LogP contribution in [0.4, 0.5) is 4.39 Å². The predicted octanol–water partition coefficient (Wildman–Crippen LogP) is 2.76. The highest BCUT2D eigenvalue weighted by Gasteiger charge is 2.58. The number of hydrogen-bond donors (Lipinski definition) is 2. The van der Waals surface area contributed by atoms with E-state index in [9.17, 15) is 17.6 Å². The summed E-state index contributed by atoms with van der Waals surface area (Å²) in [4.78, 5) is 12.7. The Morgan fingerprint density at radius 2 is 2.15 bits per heavy atom. The number of carbonyl (C=O) groups excluding carboxylic acids is 1. The van der Waals surface area contributed by atoms with E-state index in [1.807, 2.05) is 19.9 Å². The molecular weight excluding hydrogens is 447 g/mol. The van der Waals surface area contributed by atoms with Gasteiger partial charge in [0.05, 0.1) is 18.6 Å². The maximum atomic E-state index is 13.9. The van der Waals surface area contributed by atoms with E-state index in [2.05, 4.69) is 10.0 Å². The Morgan fingerprint density at radius 1 is 1.36 bits per heavy atom. The molecule has 1 aliphatic heterocycles. The second-order valence-electron chi connectivity index (χ2n) is 8.72. The number of carbonyl (C=O) groups is 1. The van der Waals surface area contributed by atoms with Crippen LogP contribution < -0.4 is 10.0 Å². The molecule has 4 atom stereocenters. The Morgan fingerprint density at radius 3 is 2.88 bits per heavy atom. The number of esters is 1. The molecule has 0 amide bonds. The maximum Gasteiger partial charge on any atom is 0.318 e. The molecule has 1 aromatic carbocycles. The van der Waals surface area contributed by atoms with Crippen LogP contribution in [0.15, 0.2) is 52.6 Å². The summed E-state index contributed by atoms with van der Waals surface area (Å²) in [7, 11) is -2.87. The zero-order valence-corrected chi connectivity index (χ0v) is 19.7. The second kappa shape index (κ2) is 9.04. The number of nitrogens with one attached hydrogen (secondary N) is 2. The highest BCUT2D eigenvalue weighted by molar-refractivity contribution is 7.89. The number of halogens is 1. The molecule has 2 N–H and O–H groups in total. The SMILES string of the molecule is CCNC/C=C\c1cc(F)ccc1S(=O)(=O)NC1=CC=C2C3CC3COC2(C)C1C(=O)OC. The molecule has 178 valence electrons. The van der Waals surface area contributed by atoms with Gasteiger partial charge in [0, 0.05) is 12.2 Å². The Hall–Kier alpha value is -2.49. The van der Waals surface area contributed by atoms with Crippen molar-refractivity contribution in [2.45, 2.75) is 30.8 Å². The largest absolute Gasteiger partial charge is 0.468 e. The highest BCUT2D eigenvalue weighted by atomic mass is 32.2. The van der Waals surface area contributed by atoms with Gasteiger partial charge in [0.1, 0.15) is 17.3 Å². The third-order valence-corrected chi connectivity index (χ3v) is 8.01. The molecule has 1 aromatic rings. The lowest BCUT2D eigenvalue weighted by Gasteiger charge is -2.43. The Labute approximate surface area is 193 Å². The second-order valence-corrected chi connectivity index (χ2v) is 10.4. The zero-order chi connectivity index (χ0) is 23.8. The molecule has 4 rings (SSSR count). The van der Waals surface area contributed by atoms with E-state index in [0.717, 1.165) is 24.6 Å². The van der Waals surface area contributed by atoms with Crippen molar-refractivity contribution in [1.82, 2.24) is 10.0 Å². The quantitative estimate of drug-likeness (QED) is 0.443. The van der Waals surface area contributed by atoms with Gasteiger partial charge >= 0.3 is 5.97 Å². The average Bonchev–Trinajstić information content (AvgIpc) is 3.55. The van der Waals surface area contributed by atoms with Gasteiger partial charge in [0.15, 0.2) is 0 Å². The number of sulfonamides is 1. The number of allylic oxidation sites excluding steroid dienone is 2. The summed E-state index contributed by atoms with van der Waals surface area (Å²) in [6.45, 7) is 5.54. The lowest BCUT2D eigenvalue weighted by molar-refractivity contribution is -0.156. The van der Waals surface area contributed by atoms with Gasteiger partial charge in [0.25, 0.3) is 10.0 Å². The first-order valence-electron chi connectivity index (χ1n) is 11.0. The van der Waals surface area contributed by atoms with Crippen molar-refractivity contribution < 1.29 is 27.1 Å². The summed E-state index contributed by atoms with van der Waals surface area (Å²) in [6.07, 6.45) is 7.76. The van der Waals surface area contributed by atoms with Crippen LogP contribution in [0.1, 0.15) is 25.8 Å². The smallest absolute Gasteiger partial charge is 0.318 e. The van der Waals surface area contributed by atoms with Crippen molar-refractivity contribution in [1.29, 1.82) is 0 Å². The minimum atomic E-state index is -4.14. The van der Waals surface area contributed by atoms with E-state index < -0.39 is 33.3 Å². The van der Waals surface area contributed by atoms with E-state index in [-0.39, 0.29) is 16.2 Å². The molecule has 3 aliphatic rings. The van der Waals surface area contributed by atoms with Crippen LogP contribution in [-0.4, -0.2) is 46.8 Å². The van der Waals surface area contributed by atoms with Gasteiger partial charge in [-0.05, 0) is 67.1 Å². The average molecular weight is 477 g/mol. The third-order valence-electron chi connectivity index (χ3n) is 6.56. The van der Waals surface area contributed by atoms with E-state index >= 15 is 0 Å². The molecule has 9 heteroatoms. The molecule has 0 spiro atoms. The minimum Gasteiger partial charge on any atom is -0.468 e. The highest BCUT2D eigenvalue weighted by Crippen LogP contribution is 2.57. The maximum absolute atomic E-state index is 13.9. The molecule has 33 heavy (non-hydrogen) atoms. The molecule has 0 radical (unpaired) electrons. The van der Waals surface area contributed by atoms with Crippen molar-refractivity contribution >= 4 is 22.1 Å². The molecule has 4 unspecified atom stereocenters. The topological polar surface area (TPSA) is 93.7 Å². The number of hydrogen-bond acceptors (Lipinski definition) is 6. The molecule has 1 heterocycles. The van der Waals surface area contributed by atoms with Gasteiger partial charge in [-0.2, -0.15) is 0 Å². The van der Waals surface area contributed by atoms with Crippen molar-refractivity contribution in [3.63, 3.8) is 0 Å². The molecule has 7 nitrogen and oxygen atoms in total. The summed E-state index contributed by atoms with van der Waals surface area (Å²) in [5.41, 5.74) is 0.378. The standard InChI is InChI=1S/C24H29FN2O5S/c1-4-26-11-5-6-15-12-17(25)7-10-21(15)33(29,30)27-20-9-8-19-18-13-16(18)14-32-24(19,2)22(20)23(28)31-3/h5-10,12,16,18,22,26-27H,4,11,13-14H2,1-3H3/b6-5-. The van der Waals surface area contributed by atoms with Crippen molar-refractivity contribution in [3.8, 4) is 0 Å². The van der Waals surface area contributed by atoms with Crippen LogP contribution >= 0.6 is 0 Å². The van der Waals surface area contributed by atoms with E-state index in [1.165, 1.54) is 19.2 Å². The first kappa shape index (κ1) is 23.7. The van der Waals surface area contributed by atoms with Gasteiger partial charge in [-0.15, -0.1) is 0 Å². The minimum absolute atomic E-state index is 0.0899. The Kier molecular flexibility index (Phi) is 6.48. The third kappa shape index (κ3) is 4.49. The predicted molar refractivity (Wildman–Crippen MR) is 122 cm³/mol. The fraction of sp³-hybridized carbons (Fsp3) is 0.458. The zero-order valence-electron chi connectivity index (χ0n) is 18.9. The summed E-state index contributed by atoms with van der Waals surface area (Å²) < 4.78 is 54.4. The first-order valence-corrected chi connectivity index (χ1v) is 12.5. The number of methoxy groups -OCH3 is 1. The van der Waals surface area contributed by atoms with Crippen LogP contribution in [0.2, 0.25) is 0 Å². The molecule has 2 fully saturated rings. The lowest BCUT2D eigenvalue weighted by atomic mass is 9.73. The van der Waals surface area contributed by atoms with Crippen LogP contribution in [0.5, 0.6) is 0 Å². The van der Waals surface area contributed by atoms with E-state index in [1.54, 1.807) is 18.2 Å². The van der Waals surface area contributed by atoms with Crippen LogP contribution in [0, 0.1) is 23.6 Å². The van der Waals surface area contributed by atoms with Crippen LogP contribution in [0.3, 0.4) is 0 Å². The number of benzene rings is 1. The van der Waals surface area contributed by atoms with Crippen molar-refractivity contribution in [2.24, 2.45) is 17.8 Å². The van der Waals surface area contributed by atoms with Crippen molar-refractivity contribution in [2.75, 3.05) is 26.8 Å². The monoisotopic (exact) mass is 476 g/mol. The number of fused-ring (bicyclic) bond motifs is 3. The molecule has 0 bridgehead atoms. The summed E-state index contributed by atoms with van der Waals surface area (Å²) in [6, 6.07) is 3.48. The molecule has 2 aliphatic carbocycles. The lowest BCUT2D eigenvalue weighted by Crippen LogP contribution is -2.52. The number of likely N-dealkylation sites (N-methyl/N-ethyl adjacent to an activating group) is 1. The van der Waals surface area contributed by atoms with Gasteiger partial charge in [0.2, 0.25) is 0 Å². The van der Waals surface area contributed by atoms with Gasteiger partial charge in [-0.3, -0.25) is 9.52 Å². The fourth-order valence-corrected chi connectivity index (χ4v) is 6.03. The summed E-state index contributed by atoms with van der Waals surface area (Å²) in [5, 5.41) is 3.09. The molecule has 1 saturated carbocycles. The van der Waals surface area contributed by atoms with Crippen LogP contribution in [-0.2, 0) is 24.3 Å². The van der Waals surface area contributed by atoms with E-state index in [0.29, 0.717) is 25.0 Å². The van der Waals surface area contributed by atoms with E-state index in [4.69, 9.17) is 9.47 Å². The molecule has 0 aromatic heterocycles. The number of ether oxygens (including phenoxy) is 2. The Bertz CT molecular complexity index is 1140. The normalized spacial score (nSPS) is 28.4. The van der Waals surface area contributed by atoms with Gasteiger partial charge in [-0.1, -0.05) is 25.2 Å². The number of rotatable bonds is 8. The summed E-state index contributed by atoms with van der Waals surface area (Å²) in [5.74, 6) is -1.30. The molecule has 1 saturated heterocycles.